The van der Waals surface area contributed by atoms with Gasteiger partial charge in [-0.25, -0.2) is 4.39 Å². The largest absolute Gasteiger partial charge is 0.387 e. The molecule has 22 heavy (non-hydrogen) atoms. The highest BCUT2D eigenvalue weighted by atomic mass is 32.1. The molecule has 0 spiro atoms. The fourth-order valence-electron chi connectivity index (χ4n) is 2.83. The lowest BCUT2D eigenvalue weighted by Gasteiger charge is -2.27. The molecule has 6 heteroatoms. The normalized spacial score (nSPS) is 16.7. The monoisotopic (exact) mass is 321 g/mol. The van der Waals surface area contributed by atoms with Crippen LogP contribution >= 0.6 is 12.8 Å². The number of hydrogen-bond donors (Lipinski definition) is 4. The minimum atomic E-state index is -0.827. The number of pyridine rings is 1. The van der Waals surface area contributed by atoms with Gasteiger partial charge in [-0.3, -0.25) is 9.71 Å². The Morgan fingerprint density at radius 3 is 2.91 bits per heavy atom. The summed E-state index contributed by atoms with van der Waals surface area (Å²) < 4.78 is 17.2. The lowest BCUT2D eigenvalue weighted by atomic mass is 9.92. The summed E-state index contributed by atoms with van der Waals surface area (Å²) in [5.74, 6) is -0.293. The number of hydrogen-bond acceptors (Lipinski definition) is 5. The van der Waals surface area contributed by atoms with Crippen LogP contribution in [0.4, 0.5) is 4.39 Å². The zero-order valence-corrected chi connectivity index (χ0v) is 13.1. The fraction of sp³-hybridized carbons (Fsp3) is 0.438. The van der Waals surface area contributed by atoms with Gasteiger partial charge < -0.3 is 10.4 Å². The molecular weight excluding hydrogens is 301 g/mol. The highest BCUT2D eigenvalue weighted by Gasteiger charge is 2.20. The molecule has 1 aliphatic rings. The number of halogens is 1. The van der Waals surface area contributed by atoms with Gasteiger partial charge in [0.25, 0.3) is 0 Å². The topological polar surface area (TPSA) is 57.2 Å². The van der Waals surface area contributed by atoms with E-state index in [1.807, 2.05) is 0 Å². The average Bonchev–Trinajstić information content (AvgIpc) is 2.47. The summed E-state index contributed by atoms with van der Waals surface area (Å²) >= 11 is 3.89. The first kappa shape index (κ1) is 15.7. The molecule has 1 atom stereocenters. The number of nitrogens with one attached hydrogen (secondary N) is 2. The van der Waals surface area contributed by atoms with Gasteiger partial charge in [0.1, 0.15) is 5.82 Å². The van der Waals surface area contributed by atoms with Crippen LogP contribution < -0.4 is 10.0 Å². The molecule has 1 heterocycles. The van der Waals surface area contributed by atoms with Gasteiger partial charge in [0.15, 0.2) is 0 Å². The molecule has 1 unspecified atom stereocenters. The maximum atomic E-state index is 14.5. The van der Waals surface area contributed by atoms with Gasteiger partial charge in [-0.1, -0.05) is 19.2 Å². The van der Waals surface area contributed by atoms with Crippen LogP contribution in [0, 0.1) is 5.82 Å². The van der Waals surface area contributed by atoms with Crippen molar-refractivity contribution in [2.45, 2.75) is 38.0 Å². The number of aliphatic hydroxyl groups is 1. The van der Waals surface area contributed by atoms with Crippen molar-refractivity contribution >= 4 is 23.6 Å². The number of thiol groups is 1. The van der Waals surface area contributed by atoms with Crippen molar-refractivity contribution in [1.82, 2.24) is 15.0 Å². The molecule has 3 N–H and O–H groups in total. The number of benzene rings is 1. The predicted octanol–water partition coefficient (Wildman–Crippen LogP) is 2.48. The van der Waals surface area contributed by atoms with Gasteiger partial charge in [0, 0.05) is 42.5 Å². The Kier molecular flexibility index (Phi) is 4.93. The van der Waals surface area contributed by atoms with Crippen LogP contribution in [0.3, 0.4) is 0 Å². The van der Waals surface area contributed by atoms with Crippen LogP contribution in [0.1, 0.15) is 36.5 Å². The van der Waals surface area contributed by atoms with E-state index < -0.39 is 6.10 Å². The first-order valence-corrected chi connectivity index (χ1v) is 7.99. The second-order valence-corrected chi connectivity index (χ2v) is 6.05. The molecule has 0 aliphatic heterocycles. The van der Waals surface area contributed by atoms with Gasteiger partial charge in [-0.15, -0.1) is 0 Å². The predicted molar refractivity (Wildman–Crippen MR) is 88.1 cm³/mol. The Morgan fingerprint density at radius 2 is 2.23 bits per heavy atom. The lowest BCUT2D eigenvalue weighted by Crippen LogP contribution is -2.34. The SMILES string of the molecule is OC(CNS)c1cc(F)c(CNC2CCC2)c2ccncc12. The Morgan fingerprint density at radius 1 is 1.41 bits per heavy atom. The smallest absolute Gasteiger partial charge is 0.128 e. The average molecular weight is 321 g/mol. The van der Waals surface area contributed by atoms with E-state index in [0.29, 0.717) is 23.7 Å². The zero-order chi connectivity index (χ0) is 15.5. The molecule has 0 radical (unpaired) electrons. The van der Waals surface area contributed by atoms with Crippen molar-refractivity contribution in [3.05, 3.63) is 41.5 Å². The number of nitrogens with zero attached hydrogens (tertiary/aromatic N) is 1. The van der Waals surface area contributed by atoms with Gasteiger partial charge in [-0.2, -0.15) is 0 Å². The third-order valence-corrected chi connectivity index (χ3v) is 4.53. The molecule has 2 aromatic rings. The van der Waals surface area contributed by atoms with E-state index in [1.165, 1.54) is 12.5 Å². The first-order chi connectivity index (χ1) is 10.7. The van der Waals surface area contributed by atoms with Crippen molar-refractivity contribution in [2.24, 2.45) is 0 Å². The Balaban J connectivity index is 1.98. The summed E-state index contributed by atoms with van der Waals surface area (Å²) in [5, 5.41) is 15.2. The van der Waals surface area contributed by atoms with E-state index >= 15 is 0 Å². The summed E-state index contributed by atoms with van der Waals surface area (Å²) in [6, 6.07) is 3.72. The van der Waals surface area contributed by atoms with Crippen LogP contribution in [-0.2, 0) is 6.54 Å². The molecule has 1 saturated carbocycles. The highest BCUT2D eigenvalue weighted by molar-refractivity contribution is 7.78. The molecule has 1 fully saturated rings. The Labute approximate surface area is 134 Å². The van der Waals surface area contributed by atoms with Gasteiger partial charge in [-0.05, 0) is 35.9 Å². The van der Waals surface area contributed by atoms with E-state index in [-0.39, 0.29) is 12.4 Å². The summed E-state index contributed by atoms with van der Waals surface area (Å²) in [5.41, 5.74) is 1.17. The van der Waals surface area contributed by atoms with E-state index in [0.717, 1.165) is 23.6 Å². The molecule has 1 aromatic heterocycles. The summed E-state index contributed by atoms with van der Waals surface area (Å²) in [4.78, 5) is 4.12. The van der Waals surface area contributed by atoms with Gasteiger partial charge in [0.05, 0.1) is 6.10 Å². The van der Waals surface area contributed by atoms with Gasteiger partial charge >= 0.3 is 0 Å². The van der Waals surface area contributed by atoms with Crippen LogP contribution in [0.25, 0.3) is 10.8 Å². The third-order valence-electron chi connectivity index (χ3n) is 4.34. The molecule has 0 saturated heterocycles. The van der Waals surface area contributed by atoms with E-state index in [1.54, 1.807) is 18.5 Å². The maximum absolute atomic E-state index is 14.5. The van der Waals surface area contributed by atoms with Gasteiger partial charge in [0.2, 0.25) is 0 Å². The maximum Gasteiger partial charge on any atom is 0.128 e. The standard InChI is InChI=1S/C16H20FN3OS/c17-15-6-12(16(21)9-20-22)13-7-18-5-4-11(13)14(15)8-19-10-2-1-3-10/h4-7,10,16,19-22H,1-3,8-9H2. The Bertz CT molecular complexity index is 663. The van der Waals surface area contributed by atoms with E-state index in [9.17, 15) is 9.50 Å². The number of rotatable bonds is 6. The van der Waals surface area contributed by atoms with Crippen molar-refractivity contribution < 1.29 is 9.50 Å². The van der Waals surface area contributed by atoms with E-state index in [2.05, 4.69) is 27.8 Å². The van der Waals surface area contributed by atoms with Crippen LogP contribution in [0.5, 0.6) is 0 Å². The summed E-state index contributed by atoms with van der Waals surface area (Å²) in [7, 11) is 0. The third kappa shape index (κ3) is 3.10. The number of aromatic nitrogens is 1. The second-order valence-electron chi connectivity index (χ2n) is 5.73. The van der Waals surface area contributed by atoms with Crippen molar-refractivity contribution in [1.29, 1.82) is 0 Å². The zero-order valence-electron chi connectivity index (χ0n) is 12.2. The van der Waals surface area contributed by atoms with Crippen LogP contribution in [-0.4, -0.2) is 22.7 Å². The van der Waals surface area contributed by atoms with Crippen molar-refractivity contribution in [2.75, 3.05) is 6.54 Å². The van der Waals surface area contributed by atoms with Crippen molar-refractivity contribution in [3.8, 4) is 0 Å². The molecule has 4 nitrogen and oxygen atoms in total. The van der Waals surface area contributed by atoms with Crippen LogP contribution in [0.2, 0.25) is 0 Å². The number of fused-ring (bicyclic) bond motifs is 1. The molecule has 3 rings (SSSR count). The Hall–Kier alpha value is -1.21. The van der Waals surface area contributed by atoms with Crippen molar-refractivity contribution in [3.63, 3.8) is 0 Å². The molecular formula is C16H20FN3OS. The lowest BCUT2D eigenvalue weighted by molar-refractivity contribution is 0.184. The highest BCUT2D eigenvalue weighted by Crippen LogP contribution is 2.29. The minimum absolute atomic E-state index is 0.242. The summed E-state index contributed by atoms with van der Waals surface area (Å²) in [6.45, 7) is 0.740. The molecule has 0 bridgehead atoms. The summed E-state index contributed by atoms with van der Waals surface area (Å²) in [6.07, 6.45) is 6.07. The fourth-order valence-corrected chi connectivity index (χ4v) is 3.00. The quantitative estimate of drug-likeness (QED) is 0.618. The number of aliphatic hydroxyl groups excluding tert-OH is 1. The second kappa shape index (κ2) is 6.91. The molecule has 0 amide bonds. The van der Waals surface area contributed by atoms with Crippen LogP contribution in [0.15, 0.2) is 24.5 Å². The minimum Gasteiger partial charge on any atom is -0.387 e. The molecule has 1 aliphatic carbocycles. The molecule has 118 valence electrons. The van der Waals surface area contributed by atoms with E-state index in [4.69, 9.17) is 0 Å². The molecule has 1 aromatic carbocycles. The first-order valence-electron chi connectivity index (χ1n) is 7.54.